The van der Waals surface area contributed by atoms with E-state index in [-0.39, 0.29) is 29.1 Å². The molecule has 2 atom stereocenters. The van der Waals surface area contributed by atoms with Crippen LogP contribution in [0.2, 0.25) is 0 Å². The maximum absolute atomic E-state index is 11.5. The summed E-state index contributed by atoms with van der Waals surface area (Å²) >= 11 is 0. The molecule has 1 aliphatic heterocycles. The minimum atomic E-state index is -0.332. The third-order valence-electron chi connectivity index (χ3n) is 2.83. The number of nitrogens with zero attached hydrogens (tertiary/aromatic N) is 1. The van der Waals surface area contributed by atoms with E-state index in [2.05, 4.69) is 30.7 Å². The predicted molar refractivity (Wildman–Crippen MR) is 68.2 cm³/mol. The molecule has 2 unspecified atom stereocenters. The van der Waals surface area contributed by atoms with Gasteiger partial charge in [-0.2, -0.15) is 0 Å². The predicted octanol–water partition coefficient (Wildman–Crippen LogP) is -1.28. The molecular weight excluding hydrogens is 296 g/mol. The van der Waals surface area contributed by atoms with E-state index in [1.807, 2.05) is 0 Å². The number of nitrogens with one attached hydrogen (secondary N) is 1. The standard InChI is InChI=1S/C13H20N2O2.BrH/c1-5-10(4)11(17-13(16)9(2)3)8-12-14-6-7-15-12;/h6-7,10-11,14H,2,5,8H2,1,3-4H3;1H/q+1;/p-1. The Morgan fingerprint density at radius 3 is 2.72 bits per heavy atom. The summed E-state index contributed by atoms with van der Waals surface area (Å²) in [6.07, 6.45) is 4.87. The van der Waals surface area contributed by atoms with Crippen molar-refractivity contribution in [2.24, 2.45) is 5.92 Å². The van der Waals surface area contributed by atoms with E-state index in [9.17, 15) is 4.79 Å². The molecule has 101 valence electrons. The Bertz CT molecular complexity index is 360. The summed E-state index contributed by atoms with van der Waals surface area (Å²) in [6.45, 7) is 9.39. The highest BCUT2D eigenvalue weighted by atomic mass is 79.9. The molecule has 0 amide bonds. The zero-order valence-corrected chi connectivity index (χ0v) is 12.7. The average molecular weight is 316 g/mol. The van der Waals surface area contributed by atoms with Gasteiger partial charge in [-0.05, 0) is 12.8 Å². The first-order valence-corrected chi connectivity index (χ1v) is 5.89. The van der Waals surface area contributed by atoms with Crippen LogP contribution in [0.4, 0.5) is 0 Å². The summed E-state index contributed by atoms with van der Waals surface area (Å²) in [4.78, 5) is 15.7. The molecule has 18 heavy (non-hydrogen) atoms. The van der Waals surface area contributed by atoms with Crippen LogP contribution in [0.3, 0.4) is 0 Å². The molecule has 5 heteroatoms. The highest BCUT2D eigenvalue weighted by Gasteiger charge is 2.26. The lowest BCUT2D eigenvalue weighted by atomic mass is 9.98. The molecule has 4 nitrogen and oxygen atoms in total. The highest BCUT2D eigenvalue weighted by molar-refractivity contribution is 5.88. The van der Waals surface area contributed by atoms with Crippen molar-refractivity contribution >= 4 is 11.8 Å². The largest absolute Gasteiger partial charge is 1.00 e. The number of halogens is 1. The van der Waals surface area contributed by atoms with Crippen LogP contribution >= 0.6 is 0 Å². The van der Waals surface area contributed by atoms with Gasteiger partial charge in [0.2, 0.25) is 0 Å². The number of hydrogen-bond donors (Lipinski definition) is 1. The Labute approximate surface area is 119 Å². The lowest BCUT2D eigenvalue weighted by Crippen LogP contribution is -3.00. The van der Waals surface area contributed by atoms with Gasteiger partial charge in [-0.1, -0.05) is 31.8 Å². The molecular formula is C13H20BrN2O2. The van der Waals surface area contributed by atoms with Crippen molar-refractivity contribution in [3.8, 4) is 0 Å². The zero-order chi connectivity index (χ0) is 12.8. The Balaban J connectivity index is 0.00000289. The van der Waals surface area contributed by atoms with Gasteiger partial charge in [-0.25, -0.2) is 10.1 Å². The fraction of sp³-hybridized carbons (Fsp3) is 0.538. The Morgan fingerprint density at radius 1 is 1.61 bits per heavy atom. The molecule has 1 aliphatic rings. The molecule has 0 aromatic rings. The topological polar surface area (TPSA) is 52.4 Å². The van der Waals surface area contributed by atoms with E-state index in [1.54, 1.807) is 19.3 Å². The number of rotatable bonds is 6. The second-order valence-electron chi connectivity index (χ2n) is 4.35. The summed E-state index contributed by atoms with van der Waals surface area (Å²) < 4.78 is 5.44. The summed E-state index contributed by atoms with van der Waals surface area (Å²) in [5, 5.41) is 3.02. The minimum absolute atomic E-state index is 0. The molecule has 0 saturated carbocycles. The highest BCUT2D eigenvalue weighted by Crippen LogP contribution is 2.17. The quantitative estimate of drug-likeness (QED) is 0.491. The normalized spacial score (nSPS) is 16.1. The van der Waals surface area contributed by atoms with Crippen LogP contribution in [0.25, 0.3) is 0 Å². The van der Waals surface area contributed by atoms with Crippen molar-refractivity contribution < 1.29 is 26.5 Å². The number of carbonyl (C=O) groups excluding carboxylic acids is 1. The molecule has 0 aromatic heterocycles. The van der Waals surface area contributed by atoms with Gasteiger partial charge in [0.25, 0.3) is 5.84 Å². The Kier molecular flexibility index (Phi) is 7.59. The number of hydrogen-bond acceptors (Lipinski definition) is 4. The average Bonchev–Trinajstić information content (AvgIpc) is 2.79. The number of ether oxygens (including phenoxy) is 1. The van der Waals surface area contributed by atoms with Gasteiger partial charge in [-0.3, -0.25) is 0 Å². The van der Waals surface area contributed by atoms with E-state index in [4.69, 9.17) is 4.74 Å². The molecule has 0 bridgehead atoms. The molecule has 1 radical (unpaired) electrons. The van der Waals surface area contributed by atoms with Gasteiger partial charge in [0.05, 0.1) is 6.42 Å². The number of amidine groups is 1. The van der Waals surface area contributed by atoms with Crippen LogP contribution in [-0.2, 0) is 9.53 Å². The monoisotopic (exact) mass is 315 g/mol. The van der Waals surface area contributed by atoms with Crippen molar-refractivity contribution in [1.29, 1.82) is 0 Å². The number of esters is 1. The van der Waals surface area contributed by atoms with E-state index < -0.39 is 0 Å². The molecule has 1 N–H and O–H groups in total. The van der Waals surface area contributed by atoms with Gasteiger partial charge in [0.15, 0.2) is 6.20 Å². The van der Waals surface area contributed by atoms with E-state index in [0.29, 0.717) is 17.9 Å². The molecule has 0 spiro atoms. The molecule has 1 heterocycles. The van der Waals surface area contributed by atoms with Crippen molar-refractivity contribution in [2.75, 3.05) is 0 Å². The molecule has 0 saturated heterocycles. The Morgan fingerprint density at radius 2 is 2.28 bits per heavy atom. The number of carbonyl (C=O) groups is 1. The summed E-state index contributed by atoms with van der Waals surface area (Å²) in [7, 11) is 0. The first kappa shape index (κ1) is 16.9. The van der Waals surface area contributed by atoms with Crippen molar-refractivity contribution in [2.45, 2.75) is 39.7 Å². The van der Waals surface area contributed by atoms with Gasteiger partial charge >= 0.3 is 5.97 Å². The van der Waals surface area contributed by atoms with Gasteiger partial charge < -0.3 is 21.7 Å². The first-order valence-electron chi connectivity index (χ1n) is 5.89. The van der Waals surface area contributed by atoms with Crippen molar-refractivity contribution in [1.82, 2.24) is 10.3 Å². The van der Waals surface area contributed by atoms with E-state index in [0.717, 1.165) is 12.3 Å². The summed E-state index contributed by atoms with van der Waals surface area (Å²) in [5.74, 6) is 0.801. The summed E-state index contributed by atoms with van der Waals surface area (Å²) in [5.41, 5.74) is 0.428. The van der Waals surface area contributed by atoms with E-state index >= 15 is 0 Å². The van der Waals surface area contributed by atoms with Gasteiger partial charge in [0, 0.05) is 5.57 Å². The van der Waals surface area contributed by atoms with Crippen LogP contribution < -0.4 is 27.3 Å². The van der Waals surface area contributed by atoms with Crippen LogP contribution in [0, 0.1) is 5.92 Å². The molecule has 0 aliphatic carbocycles. The second-order valence-corrected chi connectivity index (χ2v) is 4.35. The minimum Gasteiger partial charge on any atom is -1.00 e. The van der Waals surface area contributed by atoms with Crippen LogP contribution in [0.15, 0.2) is 24.6 Å². The van der Waals surface area contributed by atoms with Crippen molar-refractivity contribution in [3.05, 3.63) is 24.6 Å². The maximum atomic E-state index is 11.5. The van der Waals surface area contributed by atoms with Gasteiger partial charge in [-0.15, -0.1) is 0 Å². The zero-order valence-electron chi connectivity index (χ0n) is 11.1. The van der Waals surface area contributed by atoms with Crippen molar-refractivity contribution in [3.63, 3.8) is 0 Å². The fourth-order valence-electron chi connectivity index (χ4n) is 1.46. The first-order chi connectivity index (χ1) is 8.04. The summed E-state index contributed by atoms with van der Waals surface area (Å²) in [6, 6.07) is 0. The molecule has 0 aromatic carbocycles. The second kappa shape index (κ2) is 8.08. The van der Waals surface area contributed by atoms with Crippen LogP contribution in [0.5, 0.6) is 0 Å². The lowest BCUT2D eigenvalue weighted by Gasteiger charge is -2.21. The molecule has 1 rings (SSSR count). The SMILES string of the molecule is C=C(C)C(=O)OC(CC1=[N+]C=CN1)C(C)CC.[Br-]. The number of aliphatic imine (C=N–C) groups is 1. The van der Waals surface area contributed by atoms with Gasteiger partial charge in [0.1, 0.15) is 12.3 Å². The fourth-order valence-corrected chi connectivity index (χ4v) is 1.46. The molecule has 0 fully saturated rings. The lowest BCUT2D eigenvalue weighted by molar-refractivity contribution is -0.146. The third-order valence-corrected chi connectivity index (χ3v) is 2.83. The van der Waals surface area contributed by atoms with Crippen LogP contribution in [0.1, 0.15) is 33.6 Å². The smallest absolute Gasteiger partial charge is 0.333 e. The third kappa shape index (κ3) is 5.04. The van der Waals surface area contributed by atoms with E-state index in [1.165, 1.54) is 0 Å². The maximum Gasteiger partial charge on any atom is 0.333 e. The van der Waals surface area contributed by atoms with Crippen LogP contribution in [-0.4, -0.2) is 17.9 Å². The Hall–Kier alpha value is -1.10.